The van der Waals surface area contributed by atoms with E-state index in [9.17, 15) is 4.79 Å². The minimum atomic E-state index is 0.162. The molecule has 0 radical (unpaired) electrons. The van der Waals surface area contributed by atoms with Crippen LogP contribution < -0.4 is 14.2 Å². The van der Waals surface area contributed by atoms with Crippen molar-refractivity contribution in [1.29, 1.82) is 0 Å². The van der Waals surface area contributed by atoms with E-state index in [2.05, 4.69) is 72.3 Å². The fourth-order valence-corrected chi connectivity index (χ4v) is 5.09. The van der Waals surface area contributed by atoms with Crippen molar-refractivity contribution in [3.63, 3.8) is 0 Å². The summed E-state index contributed by atoms with van der Waals surface area (Å²) in [6.45, 7) is 6.18. The number of benzene rings is 2. The molecule has 1 aliphatic rings. The molecule has 0 saturated carbocycles. The van der Waals surface area contributed by atoms with E-state index in [4.69, 9.17) is 4.74 Å². The van der Waals surface area contributed by atoms with Crippen LogP contribution >= 0.6 is 0 Å². The highest BCUT2D eigenvalue weighted by molar-refractivity contribution is 5.96. The molecule has 1 aliphatic heterocycles. The van der Waals surface area contributed by atoms with Crippen molar-refractivity contribution >= 4 is 11.6 Å². The molecule has 0 spiro atoms. The maximum absolute atomic E-state index is 13.2. The van der Waals surface area contributed by atoms with Crippen LogP contribution in [-0.2, 0) is 24.8 Å². The van der Waals surface area contributed by atoms with E-state index in [1.54, 1.807) is 0 Å². The minimum absolute atomic E-state index is 0.162. The van der Waals surface area contributed by atoms with Crippen LogP contribution in [0.5, 0.6) is 5.75 Å². The summed E-state index contributed by atoms with van der Waals surface area (Å²) in [6, 6.07) is 16.5. The van der Waals surface area contributed by atoms with Crippen LogP contribution in [0.1, 0.15) is 41.5 Å². The largest absolute Gasteiger partial charge is 0.493 e. The van der Waals surface area contributed by atoms with Crippen molar-refractivity contribution in [2.24, 2.45) is 7.05 Å². The zero-order valence-electron chi connectivity index (χ0n) is 22.0. The van der Waals surface area contributed by atoms with Crippen LogP contribution in [0, 0.1) is 13.8 Å². The second-order valence-electron chi connectivity index (χ2n) is 9.91. The van der Waals surface area contributed by atoms with Crippen LogP contribution in [0.2, 0.25) is 0 Å². The summed E-state index contributed by atoms with van der Waals surface area (Å²) in [5, 5.41) is 4.62. The molecule has 4 aromatic rings. The first-order valence-corrected chi connectivity index (χ1v) is 13.1. The Morgan fingerprint density at radius 1 is 1.11 bits per heavy atom. The lowest BCUT2D eigenvalue weighted by atomic mass is 9.93. The lowest BCUT2D eigenvalue weighted by Crippen LogP contribution is -2.35. The molecule has 0 unspecified atom stereocenters. The van der Waals surface area contributed by atoms with Gasteiger partial charge in [0, 0.05) is 42.0 Å². The molecular formula is C31H35N4O2+. The van der Waals surface area contributed by atoms with Crippen LogP contribution in [0.15, 0.2) is 73.3 Å². The Morgan fingerprint density at radius 3 is 2.84 bits per heavy atom. The first-order chi connectivity index (χ1) is 18.0. The number of aromatic nitrogens is 3. The van der Waals surface area contributed by atoms with Crippen molar-refractivity contribution in [1.82, 2.24) is 9.78 Å². The van der Waals surface area contributed by atoms with E-state index in [1.165, 1.54) is 16.7 Å². The number of hydrogen-bond acceptors (Lipinski definition) is 3. The van der Waals surface area contributed by atoms with Gasteiger partial charge < -0.3 is 9.64 Å². The quantitative estimate of drug-likeness (QED) is 0.250. The van der Waals surface area contributed by atoms with E-state index in [-0.39, 0.29) is 5.91 Å². The van der Waals surface area contributed by atoms with Gasteiger partial charge >= 0.3 is 0 Å². The Balaban J connectivity index is 1.26. The predicted octanol–water partition coefficient (Wildman–Crippen LogP) is 5.18. The molecule has 0 fully saturated rings. The standard InChI is InChI=1S/C31H35N4O2/c1-23-9-4-14-30(24(23)2)37-18-8-15-31(36)35-17-7-12-28-27(11-5-13-29(28)35)26-19-32-34(22-26)21-25-10-6-16-33(3)20-25/h4-6,9-11,13-14,16,19-20,22H,7-8,12,15,17-18,21H2,1-3H3/q+1. The van der Waals surface area contributed by atoms with Gasteiger partial charge in [0.25, 0.3) is 0 Å². The van der Waals surface area contributed by atoms with Crippen molar-refractivity contribution in [3.05, 3.63) is 95.6 Å². The van der Waals surface area contributed by atoms with E-state index < -0.39 is 0 Å². The number of nitrogens with zero attached hydrogens (tertiary/aromatic N) is 4. The molecule has 3 heterocycles. The number of ether oxygens (including phenoxy) is 1. The fraction of sp³-hybridized carbons (Fsp3) is 0.323. The molecule has 6 nitrogen and oxygen atoms in total. The van der Waals surface area contributed by atoms with Crippen LogP contribution in [0.4, 0.5) is 5.69 Å². The SMILES string of the molecule is Cc1cccc(OCCCC(=O)N2CCCc3c(-c4cnn(Cc5ccc[n+](C)c5)c4)cccc32)c1C. The molecule has 0 N–H and O–H groups in total. The van der Waals surface area contributed by atoms with Gasteiger partial charge in [0.2, 0.25) is 5.91 Å². The molecule has 37 heavy (non-hydrogen) atoms. The number of pyridine rings is 1. The van der Waals surface area contributed by atoms with Gasteiger partial charge in [-0.15, -0.1) is 0 Å². The van der Waals surface area contributed by atoms with Gasteiger partial charge in [0.05, 0.1) is 19.3 Å². The summed E-state index contributed by atoms with van der Waals surface area (Å²) in [7, 11) is 2.03. The van der Waals surface area contributed by atoms with E-state index in [0.29, 0.717) is 19.4 Å². The van der Waals surface area contributed by atoms with Crippen molar-refractivity contribution in [2.45, 2.75) is 46.1 Å². The molecule has 6 heteroatoms. The summed E-state index contributed by atoms with van der Waals surface area (Å²) in [6.07, 6.45) is 11.3. The molecule has 0 saturated heterocycles. The van der Waals surface area contributed by atoms with Gasteiger partial charge in [-0.3, -0.25) is 9.48 Å². The third kappa shape index (κ3) is 5.58. The van der Waals surface area contributed by atoms with Gasteiger partial charge in [-0.1, -0.05) is 24.3 Å². The van der Waals surface area contributed by atoms with Crippen LogP contribution in [0.3, 0.4) is 0 Å². The average molecular weight is 496 g/mol. The van der Waals surface area contributed by atoms with E-state index >= 15 is 0 Å². The molecule has 0 atom stereocenters. The number of fused-ring (bicyclic) bond motifs is 1. The normalized spacial score (nSPS) is 12.9. The number of carbonyl (C=O) groups excluding carboxylic acids is 1. The van der Waals surface area contributed by atoms with Gasteiger partial charge in [-0.05, 0) is 73.6 Å². The summed E-state index contributed by atoms with van der Waals surface area (Å²) in [5.41, 5.74) is 8.10. The number of amides is 1. The number of anilines is 1. The maximum Gasteiger partial charge on any atom is 0.227 e. The lowest BCUT2D eigenvalue weighted by Gasteiger charge is -2.31. The van der Waals surface area contributed by atoms with Gasteiger partial charge in [0.15, 0.2) is 12.4 Å². The monoisotopic (exact) mass is 495 g/mol. The summed E-state index contributed by atoms with van der Waals surface area (Å²) >= 11 is 0. The molecule has 2 aromatic carbocycles. The van der Waals surface area contributed by atoms with E-state index in [1.807, 2.05) is 41.2 Å². The summed E-state index contributed by atoms with van der Waals surface area (Å²) in [5.74, 6) is 1.07. The Labute approximate surface area is 219 Å². The molecule has 190 valence electrons. The predicted molar refractivity (Wildman–Crippen MR) is 146 cm³/mol. The smallest absolute Gasteiger partial charge is 0.227 e. The second kappa shape index (κ2) is 11.0. The second-order valence-corrected chi connectivity index (χ2v) is 9.91. The third-order valence-electron chi connectivity index (χ3n) is 7.19. The Bertz CT molecular complexity index is 1410. The van der Waals surface area contributed by atoms with Crippen LogP contribution in [-0.4, -0.2) is 28.8 Å². The number of carbonyl (C=O) groups is 1. The molecule has 0 bridgehead atoms. The maximum atomic E-state index is 13.2. The first kappa shape index (κ1) is 24.8. The van der Waals surface area contributed by atoms with Gasteiger partial charge in [0.1, 0.15) is 12.8 Å². The zero-order valence-corrected chi connectivity index (χ0v) is 22.0. The fourth-order valence-electron chi connectivity index (χ4n) is 5.09. The van der Waals surface area contributed by atoms with Gasteiger partial charge in [-0.2, -0.15) is 5.10 Å². The number of rotatable bonds is 8. The molecule has 1 amide bonds. The summed E-state index contributed by atoms with van der Waals surface area (Å²) in [4.78, 5) is 15.2. The highest BCUT2D eigenvalue weighted by Gasteiger charge is 2.24. The third-order valence-corrected chi connectivity index (χ3v) is 7.19. The molecular weight excluding hydrogens is 460 g/mol. The van der Waals surface area contributed by atoms with Crippen LogP contribution in [0.25, 0.3) is 11.1 Å². The van der Waals surface area contributed by atoms with E-state index in [0.717, 1.165) is 54.1 Å². The first-order valence-electron chi connectivity index (χ1n) is 13.1. The molecule has 5 rings (SSSR count). The average Bonchev–Trinajstić information content (AvgIpc) is 3.36. The summed E-state index contributed by atoms with van der Waals surface area (Å²) < 4.78 is 10.0. The van der Waals surface area contributed by atoms with Crippen molar-refractivity contribution in [3.8, 4) is 16.9 Å². The zero-order chi connectivity index (χ0) is 25.8. The minimum Gasteiger partial charge on any atom is -0.493 e. The van der Waals surface area contributed by atoms with Crippen molar-refractivity contribution < 1.29 is 14.1 Å². The Hall–Kier alpha value is -3.93. The topological polar surface area (TPSA) is 51.2 Å². The highest BCUT2D eigenvalue weighted by atomic mass is 16.5. The Kier molecular flexibility index (Phi) is 7.35. The van der Waals surface area contributed by atoms with Crippen molar-refractivity contribution in [2.75, 3.05) is 18.1 Å². The molecule has 0 aliphatic carbocycles. The Morgan fingerprint density at radius 2 is 1.97 bits per heavy atom. The van der Waals surface area contributed by atoms with Gasteiger partial charge in [-0.25, -0.2) is 4.57 Å². The number of aryl methyl sites for hydroxylation is 2. The lowest BCUT2D eigenvalue weighted by molar-refractivity contribution is -0.671. The highest BCUT2D eigenvalue weighted by Crippen LogP contribution is 2.35. The molecule has 2 aromatic heterocycles. The number of hydrogen-bond donors (Lipinski definition) is 0.